The van der Waals surface area contributed by atoms with Crippen molar-refractivity contribution in [2.24, 2.45) is 0 Å². The Balaban J connectivity index is 2.73. The highest BCUT2D eigenvalue weighted by molar-refractivity contribution is 5.54. The van der Waals surface area contributed by atoms with Gasteiger partial charge < -0.3 is 5.73 Å². The molecule has 8 heteroatoms. The van der Waals surface area contributed by atoms with E-state index in [4.69, 9.17) is 5.73 Å². The number of aromatic nitrogens is 2. The van der Waals surface area contributed by atoms with Gasteiger partial charge in [-0.1, -0.05) is 0 Å². The average molecular weight is 254 g/mol. The van der Waals surface area contributed by atoms with Crippen LogP contribution in [0.5, 0.6) is 0 Å². The third-order valence-corrected chi connectivity index (χ3v) is 2.37. The van der Waals surface area contributed by atoms with Gasteiger partial charge in [0.15, 0.2) is 11.5 Å². The molecule has 0 atom stereocenters. The van der Waals surface area contributed by atoms with Gasteiger partial charge in [0.2, 0.25) is 0 Å². The van der Waals surface area contributed by atoms with Crippen LogP contribution in [0.1, 0.15) is 5.56 Å². The second kappa shape index (κ2) is 4.06. The molecule has 0 fully saturated rings. The Morgan fingerprint density at radius 1 is 1.44 bits per heavy atom. The van der Waals surface area contributed by atoms with E-state index in [2.05, 4.69) is 5.10 Å². The van der Waals surface area contributed by atoms with Gasteiger partial charge in [-0.2, -0.15) is 5.10 Å². The van der Waals surface area contributed by atoms with E-state index in [1.165, 1.54) is 6.20 Å². The van der Waals surface area contributed by atoms with Crippen molar-refractivity contribution in [2.45, 2.75) is 6.92 Å². The first kappa shape index (κ1) is 12.0. The Morgan fingerprint density at radius 2 is 2.11 bits per heavy atom. The fourth-order valence-corrected chi connectivity index (χ4v) is 1.51. The number of benzene rings is 1. The molecular formula is C10H8F2N4O2. The average Bonchev–Trinajstić information content (AvgIpc) is 2.57. The van der Waals surface area contributed by atoms with Crippen LogP contribution in [-0.2, 0) is 0 Å². The Labute approximate surface area is 99.8 Å². The van der Waals surface area contributed by atoms with E-state index in [0.29, 0.717) is 17.7 Å². The predicted molar refractivity (Wildman–Crippen MR) is 59.3 cm³/mol. The second-order valence-electron chi connectivity index (χ2n) is 3.65. The van der Waals surface area contributed by atoms with E-state index >= 15 is 0 Å². The molecule has 2 N–H and O–H groups in total. The molecule has 6 nitrogen and oxygen atoms in total. The van der Waals surface area contributed by atoms with Crippen LogP contribution in [0.3, 0.4) is 0 Å². The fourth-order valence-electron chi connectivity index (χ4n) is 1.51. The summed E-state index contributed by atoms with van der Waals surface area (Å²) >= 11 is 0. The Kier molecular flexibility index (Phi) is 2.70. The lowest BCUT2D eigenvalue weighted by Gasteiger charge is -2.04. The summed E-state index contributed by atoms with van der Waals surface area (Å²) in [4.78, 5) is 9.91. The molecule has 0 spiro atoms. The van der Waals surface area contributed by atoms with Crippen LogP contribution in [0.15, 0.2) is 18.3 Å². The van der Waals surface area contributed by atoms with Gasteiger partial charge in [-0.05, 0) is 6.92 Å². The van der Waals surface area contributed by atoms with E-state index in [-0.39, 0.29) is 5.82 Å². The summed E-state index contributed by atoms with van der Waals surface area (Å²) in [5.41, 5.74) is 4.86. The van der Waals surface area contributed by atoms with Gasteiger partial charge in [0.25, 0.3) is 0 Å². The molecule has 1 heterocycles. The molecule has 0 saturated heterocycles. The Hall–Kier alpha value is -2.51. The van der Waals surface area contributed by atoms with Gasteiger partial charge in [0.05, 0.1) is 11.0 Å². The molecule has 2 rings (SSSR count). The number of hydrogen-bond acceptors (Lipinski definition) is 4. The number of nitro benzene ring substituents is 1. The highest BCUT2D eigenvalue weighted by Gasteiger charge is 2.23. The summed E-state index contributed by atoms with van der Waals surface area (Å²) in [5, 5.41) is 14.5. The molecule has 0 aliphatic heterocycles. The van der Waals surface area contributed by atoms with Crippen molar-refractivity contribution < 1.29 is 13.7 Å². The number of nitrogens with two attached hydrogens (primary N) is 1. The van der Waals surface area contributed by atoms with Crippen LogP contribution in [0.4, 0.5) is 20.3 Å². The highest BCUT2D eigenvalue weighted by atomic mass is 19.1. The van der Waals surface area contributed by atoms with E-state index < -0.39 is 27.9 Å². The third-order valence-electron chi connectivity index (χ3n) is 2.37. The maximum atomic E-state index is 13.7. The van der Waals surface area contributed by atoms with Crippen molar-refractivity contribution in [3.05, 3.63) is 45.6 Å². The zero-order chi connectivity index (χ0) is 13.4. The number of halogens is 2. The normalized spacial score (nSPS) is 10.6. The van der Waals surface area contributed by atoms with E-state index in [1.54, 1.807) is 6.92 Å². The number of nitro groups is 1. The van der Waals surface area contributed by atoms with E-state index in [0.717, 1.165) is 4.68 Å². The standard InChI is InChI=1S/C10H8F2N4O2/c1-5-4-15(14-10(5)13)9-7(12)2-6(11)3-8(9)16(17)18/h2-4H,1H3,(H2,13,14). The molecule has 1 aromatic carbocycles. The first-order valence-electron chi connectivity index (χ1n) is 4.85. The molecule has 1 aromatic heterocycles. The zero-order valence-corrected chi connectivity index (χ0v) is 9.22. The number of nitrogen functional groups attached to an aromatic ring is 1. The van der Waals surface area contributed by atoms with Crippen LogP contribution >= 0.6 is 0 Å². The Bertz CT molecular complexity index is 620. The molecule has 2 aromatic rings. The quantitative estimate of drug-likeness (QED) is 0.655. The lowest BCUT2D eigenvalue weighted by Crippen LogP contribution is -2.05. The van der Waals surface area contributed by atoms with Crippen molar-refractivity contribution in [2.75, 3.05) is 5.73 Å². The van der Waals surface area contributed by atoms with Crippen molar-refractivity contribution in [1.82, 2.24) is 9.78 Å². The Morgan fingerprint density at radius 3 is 2.61 bits per heavy atom. The SMILES string of the molecule is Cc1cn(-c2c(F)cc(F)cc2[N+](=O)[O-])nc1N. The number of aryl methyl sites for hydroxylation is 1. The number of nitrogens with zero attached hydrogens (tertiary/aromatic N) is 3. The number of hydrogen-bond donors (Lipinski definition) is 1. The molecule has 0 aliphatic carbocycles. The highest BCUT2D eigenvalue weighted by Crippen LogP contribution is 2.27. The van der Waals surface area contributed by atoms with Gasteiger partial charge in [0.1, 0.15) is 11.6 Å². The van der Waals surface area contributed by atoms with Gasteiger partial charge in [-0.25, -0.2) is 13.5 Å². The summed E-state index contributed by atoms with van der Waals surface area (Å²) in [5.74, 6) is -1.99. The molecule has 0 radical (unpaired) electrons. The van der Waals surface area contributed by atoms with Crippen LogP contribution in [0.25, 0.3) is 5.69 Å². The van der Waals surface area contributed by atoms with Crippen molar-refractivity contribution in [1.29, 1.82) is 0 Å². The molecular weight excluding hydrogens is 246 g/mol. The van der Waals surface area contributed by atoms with Gasteiger partial charge in [-0.3, -0.25) is 10.1 Å². The minimum Gasteiger partial charge on any atom is -0.382 e. The summed E-state index contributed by atoms with van der Waals surface area (Å²) in [6.45, 7) is 1.62. The lowest BCUT2D eigenvalue weighted by molar-refractivity contribution is -0.385. The van der Waals surface area contributed by atoms with Crippen molar-refractivity contribution >= 4 is 11.5 Å². The van der Waals surface area contributed by atoms with Gasteiger partial charge in [-0.15, -0.1) is 0 Å². The summed E-state index contributed by atoms with van der Waals surface area (Å²) in [7, 11) is 0. The van der Waals surface area contributed by atoms with Crippen LogP contribution in [0, 0.1) is 28.7 Å². The van der Waals surface area contributed by atoms with Crippen LogP contribution < -0.4 is 5.73 Å². The van der Waals surface area contributed by atoms with Gasteiger partial charge in [0, 0.05) is 17.8 Å². The summed E-state index contributed by atoms with van der Waals surface area (Å²) < 4.78 is 27.5. The molecule has 0 saturated carbocycles. The van der Waals surface area contributed by atoms with Crippen molar-refractivity contribution in [3.63, 3.8) is 0 Å². The molecule has 0 amide bonds. The monoisotopic (exact) mass is 254 g/mol. The molecule has 0 bridgehead atoms. The summed E-state index contributed by atoms with van der Waals surface area (Å²) in [6.07, 6.45) is 1.33. The smallest absolute Gasteiger partial charge is 0.300 e. The fraction of sp³-hybridized carbons (Fsp3) is 0.100. The number of rotatable bonds is 2. The van der Waals surface area contributed by atoms with E-state index in [9.17, 15) is 18.9 Å². The predicted octanol–water partition coefficient (Wildman–Crippen LogP) is 1.95. The maximum absolute atomic E-state index is 13.7. The summed E-state index contributed by atoms with van der Waals surface area (Å²) in [6, 6.07) is 1.18. The van der Waals surface area contributed by atoms with E-state index in [1.807, 2.05) is 0 Å². The minimum atomic E-state index is -1.08. The zero-order valence-electron chi connectivity index (χ0n) is 9.22. The lowest BCUT2D eigenvalue weighted by atomic mass is 10.2. The van der Waals surface area contributed by atoms with Crippen LogP contribution in [-0.4, -0.2) is 14.7 Å². The largest absolute Gasteiger partial charge is 0.382 e. The first-order chi connectivity index (χ1) is 8.40. The maximum Gasteiger partial charge on any atom is 0.300 e. The van der Waals surface area contributed by atoms with Gasteiger partial charge >= 0.3 is 5.69 Å². The van der Waals surface area contributed by atoms with Crippen molar-refractivity contribution in [3.8, 4) is 5.69 Å². The molecule has 18 heavy (non-hydrogen) atoms. The third kappa shape index (κ3) is 1.88. The first-order valence-corrected chi connectivity index (χ1v) is 4.85. The molecule has 0 unspecified atom stereocenters. The molecule has 0 aliphatic rings. The minimum absolute atomic E-state index is 0.119. The number of anilines is 1. The molecule has 94 valence electrons. The topological polar surface area (TPSA) is 87.0 Å². The second-order valence-corrected chi connectivity index (χ2v) is 3.65. The van der Waals surface area contributed by atoms with Crippen LogP contribution in [0.2, 0.25) is 0 Å².